The van der Waals surface area contributed by atoms with Gasteiger partial charge in [-0.05, 0) is 24.5 Å². The van der Waals surface area contributed by atoms with Crippen molar-refractivity contribution < 1.29 is 4.74 Å². The Labute approximate surface area is 124 Å². The lowest BCUT2D eigenvalue weighted by molar-refractivity contribution is 0.108. The molecule has 2 rings (SSSR count). The van der Waals surface area contributed by atoms with Gasteiger partial charge in [0.05, 0.1) is 16.1 Å². The standard InChI is InChI=1S/C14H20Cl2N2O/c1-19-10-5-7-18(9-10)8-6-13(17)11-3-2-4-12(15)14(11)16/h2-4,10,13H,5-9,17H2,1H3. The number of nitrogens with two attached hydrogens (primary N) is 1. The fourth-order valence-electron chi connectivity index (χ4n) is 2.48. The molecule has 0 aromatic heterocycles. The number of ether oxygens (including phenoxy) is 1. The summed E-state index contributed by atoms with van der Waals surface area (Å²) < 4.78 is 5.36. The Morgan fingerprint density at radius 3 is 2.95 bits per heavy atom. The molecule has 1 aliphatic rings. The molecule has 2 unspecified atom stereocenters. The zero-order valence-corrected chi connectivity index (χ0v) is 12.6. The summed E-state index contributed by atoms with van der Waals surface area (Å²) in [5.41, 5.74) is 7.14. The molecule has 106 valence electrons. The lowest BCUT2D eigenvalue weighted by Gasteiger charge is -2.19. The highest BCUT2D eigenvalue weighted by atomic mass is 35.5. The second-order valence-electron chi connectivity index (χ2n) is 4.99. The van der Waals surface area contributed by atoms with E-state index < -0.39 is 0 Å². The molecule has 1 saturated heterocycles. The fraction of sp³-hybridized carbons (Fsp3) is 0.571. The van der Waals surface area contributed by atoms with Crippen molar-refractivity contribution in [3.8, 4) is 0 Å². The van der Waals surface area contributed by atoms with Crippen LogP contribution in [0.4, 0.5) is 0 Å². The molecule has 1 heterocycles. The van der Waals surface area contributed by atoms with Gasteiger partial charge in [0.15, 0.2) is 0 Å². The summed E-state index contributed by atoms with van der Waals surface area (Å²) >= 11 is 12.2. The van der Waals surface area contributed by atoms with Crippen molar-refractivity contribution in [2.24, 2.45) is 5.73 Å². The molecule has 3 nitrogen and oxygen atoms in total. The minimum absolute atomic E-state index is 0.0761. The summed E-state index contributed by atoms with van der Waals surface area (Å²) in [4.78, 5) is 2.38. The molecule has 0 bridgehead atoms. The summed E-state index contributed by atoms with van der Waals surface area (Å²) in [6, 6.07) is 5.54. The van der Waals surface area contributed by atoms with Gasteiger partial charge < -0.3 is 15.4 Å². The van der Waals surface area contributed by atoms with Crippen LogP contribution in [0.15, 0.2) is 18.2 Å². The molecule has 2 N–H and O–H groups in total. The fourth-order valence-corrected chi connectivity index (χ4v) is 2.92. The van der Waals surface area contributed by atoms with Gasteiger partial charge in [0, 0.05) is 32.8 Å². The number of nitrogens with zero attached hydrogens (tertiary/aromatic N) is 1. The van der Waals surface area contributed by atoms with Crippen LogP contribution < -0.4 is 5.73 Å². The minimum atomic E-state index is -0.0761. The maximum absolute atomic E-state index is 6.21. The van der Waals surface area contributed by atoms with Gasteiger partial charge in [-0.1, -0.05) is 35.3 Å². The Hall–Kier alpha value is -0.320. The van der Waals surface area contributed by atoms with E-state index in [9.17, 15) is 0 Å². The van der Waals surface area contributed by atoms with E-state index in [1.807, 2.05) is 12.1 Å². The number of hydrogen-bond donors (Lipinski definition) is 1. The number of benzene rings is 1. The highest BCUT2D eigenvalue weighted by molar-refractivity contribution is 6.42. The van der Waals surface area contributed by atoms with Crippen LogP contribution in [0.1, 0.15) is 24.4 Å². The lowest BCUT2D eigenvalue weighted by Crippen LogP contribution is -2.26. The summed E-state index contributed by atoms with van der Waals surface area (Å²) in [5, 5.41) is 1.14. The van der Waals surface area contributed by atoms with Gasteiger partial charge in [-0.2, -0.15) is 0 Å². The number of likely N-dealkylation sites (tertiary alicyclic amines) is 1. The normalized spacial score (nSPS) is 21.8. The maximum Gasteiger partial charge on any atom is 0.0710 e. The molecule has 5 heteroatoms. The predicted molar refractivity (Wildman–Crippen MR) is 79.9 cm³/mol. The third-order valence-electron chi connectivity index (χ3n) is 3.70. The highest BCUT2D eigenvalue weighted by Crippen LogP contribution is 2.30. The first kappa shape index (κ1) is 15.1. The van der Waals surface area contributed by atoms with Crippen molar-refractivity contribution in [2.45, 2.75) is 25.0 Å². The van der Waals surface area contributed by atoms with Gasteiger partial charge in [0.2, 0.25) is 0 Å². The Balaban J connectivity index is 1.88. The van der Waals surface area contributed by atoms with Crippen LogP contribution in [0.2, 0.25) is 10.0 Å². The summed E-state index contributed by atoms with van der Waals surface area (Å²) in [6.07, 6.45) is 2.34. The SMILES string of the molecule is COC1CCN(CCC(N)c2cccc(Cl)c2Cl)C1. The van der Waals surface area contributed by atoms with Crippen LogP contribution in [0.25, 0.3) is 0 Å². The maximum atomic E-state index is 6.21. The molecule has 0 aliphatic carbocycles. The topological polar surface area (TPSA) is 38.5 Å². The first-order valence-corrected chi connectivity index (χ1v) is 7.32. The highest BCUT2D eigenvalue weighted by Gasteiger charge is 2.22. The van der Waals surface area contributed by atoms with Crippen LogP contribution >= 0.6 is 23.2 Å². The summed E-state index contributed by atoms with van der Waals surface area (Å²) in [5.74, 6) is 0. The van der Waals surface area contributed by atoms with Crippen LogP contribution in [0, 0.1) is 0 Å². The van der Waals surface area contributed by atoms with E-state index in [0.717, 1.165) is 38.0 Å². The number of methoxy groups -OCH3 is 1. The molecule has 1 fully saturated rings. The van der Waals surface area contributed by atoms with Gasteiger partial charge in [-0.25, -0.2) is 0 Å². The number of halogens is 2. The van der Waals surface area contributed by atoms with E-state index >= 15 is 0 Å². The van der Waals surface area contributed by atoms with Gasteiger partial charge in [0.1, 0.15) is 0 Å². The van der Waals surface area contributed by atoms with Crippen molar-refractivity contribution in [1.82, 2.24) is 4.90 Å². The second-order valence-corrected chi connectivity index (χ2v) is 5.77. The molecule has 0 radical (unpaired) electrons. The van der Waals surface area contributed by atoms with Crippen LogP contribution in [-0.2, 0) is 4.74 Å². The third-order valence-corrected chi connectivity index (χ3v) is 4.53. The number of hydrogen-bond acceptors (Lipinski definition) is 3. The van der Waals surface area contributed by atoms with Crippen molar-refractivity contribution >= 4 is 23.2 Å². The van der Waals surface area contributed by atoms with Crippen LogP contribution in [-0.4, -0.2) is 37.7 Å². The predicted octanol–water partition coefficient (Wildman–Crippen LogP) is 3.10. The minimum Gasteiger partial charge on any atom is -0.380 e. The largest absolute Gasteiger partial charge is 0.380 e. The van der Waals surface area contributed by atoms with Crippen molar-refractivity contribution in [2.75, 3.05) is 26.7 Å². The Kier molecular flexibility index (Phi) is 5.48. The molecule has 0 spiro atoms. The Bertz CT molecular complexity index is 428. The first-order chi connectivity index (χ1) is 9.11. The molecule has 1 aliphatic heterocycles. The van der Waals surface area contributed by atoms with E-state index in [1.165, 1.54) is 0 Å². The monoisotopic (exact) mass is 302 g/mol. The first-order valence-electron chi connectivity index (χ1n) is 6.56. The quantitative estimate of drug-likeness (QED) is 0.908. The van der Waals surface area contributed by atoms with Crippen molar-refractivity contribution in [3.63, 3.8) is 0 Å². The van der Waals surface area contributed by atoms with Crippen molar-refractivity contribution in [1.29, 1.82) is 0 Å². The Morgan fingerprint density at radius 2 is 2.26 bits per heavy atom. The van der Waals surface area contributed by atoms with Crippen molar-refractivity contribution in [3.05, 3.63) is 33.8 Å². The number of rotatable bonds is 5. The van der Waals surface area contributed by atoms with Crippen LogP contribution in [0.3, 0.4) is 0 Å². The molecule has 0 saturated carbocycles. The molecular weight excluding hydrogens is 283 g/mol. The lowest BCUT2D eigenvalue weighted by atomic mass is 10.0. The molecule has 2 atom stereocenters. The Morgan fingerprint density at radius 1 is 1.47 bits per heavy atom. The van der Waals surface area contributed by atoms with Gasteiger partial charge >= 0.3 is 0 Å². The summed E-state index contributed by atoms with van der Waals surface area (Å²) in [7, 11) is 1.77. The summed E-state index contributed by atoms with van der Waals surface area (Å²) in [6.45, 7) is 3.03. The van der Waals surface area contributed by atoms with Gasteiger partial charge in [0.25, 0.3) is 0 Å². The van der Waals surface area contributed by atoms with E-state index in [4.69, 9.17) is 33.7 Å². The van der Waals surface area contributed by atoms with Gasteiger partial charge in [-0.15, -0.1) is 0 Å². The molecule has 19 heavy (non-hydrogen) atoms. The zero-order chi connectivity index (χ0) is 13.8. The van der Waals surface area contributed by atoms with E-state index in [0.29, 0.717) is 16.1 Å². The van der Waals surface area contributed by atoms with E-state index in [2.05, 4.69) is 4.90 Å². The average Bonchev–Trinajstić information content (AvgIpc) is 2.87. The third kappa shape index (κ3) is 3.83. The molecule has 0 amide bonds. The molecule has 1 aromatic carbocycles. The van der Waals surface area contributed by atoms with E-state index in [-0.39, 0.29) is 6.04 Å². The van der Waals surface area contributed by atoms with Crippen LogP contribution in [0.5, 0.6) is 0 Å². The zero-order valence-electron chi connectivity index (χ0n) is 11.1. The van der Waals surface area contributed by atoms with E-state index in [1.54, 1.807) is 13.2 Å². The van der Waals surface area contributed by atoms with Gasteiger partial charge in [-0.3, -0.25) is 0 Å². The molecular formula is C14H20Cl2N2O. The smallest absolute Gasteiger partial charge is 0.0710 e. The average molecular weight is 303 g/mol. The second kappa shape index (κ2) is 6.91. The molecule has 1 aromatic rings.